The number of nitrogens with zero attached hydrogens (tertiary/aromatic N) is 5. The average Bonchev–Trinajstić information content (AvgIpc) is 3.26. The molecule has 128 valence electrons. The summed E-state index contributed by atoms with van der Waals surface area (Å²) in [6.45, 7) is 1.94. The van der Waals surface area contributed by atoms with Crippen molar-refractivity contribution >= 4 is 5.91 Å². The number of nitrogens with one attached hydrogen (secondary N) is 1. The normalized spacial score (nSPS) is 22.4. The summed E-state index contributed by atoms with van der Waals surface area (Å²) in [5.41, 5.74) is 2.18. The second-order valence-corrected chi connectivity index (χ2v) is 6.24. The number of aryl methyl sites for hydroxylation is 1. The Kier molecular flexibility index (Phi) is 3.81. The van der Waals surface area contributed by atoms with E-state index in [0.717, 1.165) is 5.56 Å². The van der Waals surface area contributed by atoms with Gasteiger partial charge in [-0.3, -0.25) is 9.48 Å². The van der Waals surface area contributed by atoms with Crippen LogP contribution in [0, 0.1) is 6.92 Å². The number of benzene rings is 1. The van der Waals surface area contributed by atoms with Crippen LogP contribution >= 0.6 is 0 Å². The van der Waals surface area contributed by atoms with Crippen LogP contribution in [0.5, 0.6) is 0 Å². The van der Waals surface area contributed by atoms with E-state index in [-0.39, 0.29) is 18.0 Å². The summed E-state index contributed by atoms with van der Waals surface area (Å²) in [5, 5.41) is 25.1. The lowest BCUT2D eigenvalue weighted by molar-refractivity contribution is -0.00590. The third kappa shape index (κ3) is 2.80. The SMILES string of the molecule is Cc1cnn([C@H]2[C@H](O)C[C@@H]2NC(=O)c2ccccc2-n2ccnn2)c1. The van der Waals surface area contributed by atoms with Crippen LogP contribution in [0.1, 0.15) is 28.4 Å². The molecule has 0 spiro atoms. The molecule has 1 aliphatic carbocycles. The fourth-order valence-corrected chi connectivity index (χ4v) is 3.16. The smallest absolute Gasteiger partial charge is 0.253 e. The lowest BCUT2D eigenvalue weighted by Crippen LogP contribution is -2.56. The fourth-order valence-electron chi connectivity index (χ4n) is 3.16. The van der Waals surface area contributed by atoms with Gasteiger partial charge in [0.05, 0.1) is 48.0 Å². The monoisotopic (exact) mass is 338 g/mol. The highest BCUT2D eigenvalue weighted by Crippen LogP contribution is 2.33. The Bertz CT molecular complexity index is 888. The predicted molar refractivity (Wildman–Crippen MR) is 89.2 cm³/mol. The Labute approximate surface area is 144 Å². The number of carbonyl (C=O) groups is 1. The number of rotatable bonds is 4. The highest BCUT2D eigenvalue weighted by Gasteiger charge is 2.43. The van der Waals surface area contributed by atoms with Crippen molar-refractivity contribution in [1.29, 1.82) is 0 Å². The second kappa shape index (κ2) is 6.14. The zero-order valence-corrected chi connectivity index (χ0v) is 13.6. The van der Waals surface area contributed by atoms with Crippen molar-refractivity contribution in [2.45, 2.75) is 31.5 Å². The van der Waals surface area contributed by atoms with Crippen molar-refractivity contribution in [3.63, 3.8) is 0 Å². The molecule has 2 aromatic heterocycles. The van der Waals surface area contributed by atoms with Crippen molar-refractivity contribution in [2.24, 2.45) is 0 Å². The molecule has 3 atom stereocenters. The first kappa shape index (κ1) is 15.5. The number of aliphatic hydroxyl groups is 1. The van der Waals surface area contributed by atoms with Crippen LogP contribution in [0.25, 0.3) is 5.69 Å². The maximum Gasteiger partial charge on any atom is 0.253 e. The molecule has 1 amide bonds. The molecule has 8 nitrogen and oxygen atoms in total. The number of hydrogen-bond acceptors (Lipinski definition) is 5. The van der Waals surface area contributed by atoms with Gasteiger partial charge in [0.1, 0.15) is 0 Å². The van der Waals surface area contributed by atoms with E-state index < -0.39 is 6.10 Å². The molecule has 0 radical (unpaired) electrons. The Hall–Kier alpha value is -3.00. The van der Waals surface area contributed by atoms with E-state index in [1.54, 1.807) is 40.1 Å². The third-order valence-corrected chi connectivity index (χ3v) is 4.47. The Morgan fingerprint density at radius 2 is 2.20 bits per heavy atom. The highest BCUT2D eigenvalue weighted by molar-refractivity contribution is 5.98. The Morgan fingerprint density at radius 1 is 1.36 bits per heavy atom. The van der Waals surface area contributed by atoms with E-state index in [2.05, 4.69) is 20.7 Å². The molecular weight excluding hydrogens is 320 g/mol. The lowest BCUT2D eigenvalue weighted by atomic mass is 9.83. The quantitative estimate of drug-likeness (QED) is 0.736. The zero-order chi connectivity index (χ0) is 17.4. The van der Waals surface area contributed by atoms with Gasteiger partial charge in [-0.1, -0.05) is 17.3 Å². The van der Waals surface area contributed by atoms with Gasteiger partial charge >= 0.3 is 0 Å². The summed E-state index contributed by atoms with van der Waals surface area (Å²) in [6, 6.07) is 6.78. The molecule has 0 bridgehead atoms. The van der Waals surface area contributed by atoms with E-state index in [0.29, 0.717) is 17.7 Å². The number of aromatic nitrogens is 5. The topological polar surface area (TPSA) is 97.9 Å². The molecule has 25 heavy (non-hydrogen) atoms. The van der Waals surface area contributed by atoms with E-state index in [1.807, 2.05) is 25.3 Å². The van der Waals surface area contributed by atoms with E-state index >= 15 is 0 Å². The van der Waals surface area contributed by atoms with Gasteiger partial charge in [-0.15, -0.1) is 5.10 Å². The molecule has 1 aromatic carbocycles. The van der Waals surface area contributed by atoms with Crippen LogP contribution in [0.15, 0.2) is 49.1 Å². The average molecular weight is 338 g/mol. The van der Waals surface area contributed by atoms with Crippen molar-refractivity contribution in [2.75, 3.05) is 0 Å². The number of hydrogen-bond donors (Lipinski definition) is 2. The van der Waals surface area contributed by atoms with Crippen LogP contribution < -0.4 is 5.32 Å². The van der Waals surface area contributed by atoms with Gasteiger partial charge in [-0.2, -0.15) is 5.10 Å². The first-order chi connectivity index (χ1) is 12.1. The summed E-state index contributed by atoms with van der Waals surface area (Å²) in [6.07, 6.45) is 6.84. The molecule has 1 fully saturated rings. The van der Waals surface area contributed by atoms with Crippen LogP contribution in [0.3, 0.4) is 0 Å². The van der Waals surface area contributed by atoms with Gasteiger partial charge in [-0.25, -0.2) is 4.68 Å². The van der Waals surface area contributed by atoms with Gasteiger partial charge in [-0.05, 0) is 31.0 Å². The minimum atomic E-state index is -0.518. The fraction of sp³-hybridized carbons (Fsp3) is 0.294. The summed E-state index contributed by atoms with van der Waals surface area (Å²) in [7, 11) is 0. The molecule has 3 aromatic rings. The number of carbonyl (C=O) groups excluding carboxylic acids is 1. The molecule has 1 aliphatic rings. The number of amides is 1. The highest BCUT2D eigenvalue weighted by atomic mass is 16.3. The molecule has 0 unspecified atom stereocenters. The first-order valence-electron chi connectivity index (χ1n) is 8.09. The minimum absolute atomic E-state index is 0.175. The van der Waals surface area contributed by atoms with Gasteiger partial charge in [0.25, 0.3) is 5.91 Å². The maximum atomic E-state index is 12.8. The van der Waals surface area contributed by atoms with Gasteiger partial charge < -0.3 is 10.4 Å². The minimum Gasteiger partial charge on any atom is -0.391 e. The lowest BCUT2D eigenvalue weighted by Gasteiger charge is -2.41. The summed E-state index contributed by atoms with van der Waals surface area (Å²) in [5.74, 6) is -0.211. The Balaban J connectivity index is 1.55. The van der Waals surface area contributed by atoms with Crippen LogP contribution in [-0.2, 0) is 0 Å². The van der Waals surface area contributed by atoms with Gasteiger partial charge in [0.2, 0.25) is 0 Å². The standard InChI is InChI=1S/C17H18N6O2/c1-11-9-19-23(10-11)16-13(8-15(16)24)20-17(25)12-4-2-3-5-14(12)22-7-6-18-21-22/h2-7,9-10,13,15-16,24H,8H2,1H3,(H,20,25)/t13-,15+,16+/m0/s1. The van der Waals surface area contributed by atoms with E-state index in [4.69, 9.17) is 0 Å². The first-order valence-corrected chi connectivity index (χ1v) is 8.09. The number of aliphatic hydroxyl groups excluding tert-OH is 1. The van der Waals surface area contributed by atoms with Crippen LogP contribution in [-0.4, -0.2) is 47.9 Å². The molecule has 8 heteroatoms. The van der Waals surface area contributed by atoms with Crippen molar-refractivity contribution in [3.05, 3.63) is 60.2 Å². The van der Waals surface area contributed by atoms with Gasteiger partial charge in [0.15, 0.2) is 0 Å². The Morgan fingerprint density at radius 3 is 2.88 bits per heavy atom. The molecular formula is C17H18N6O2. The second-order valence-electron chi connectivity index (χ2n) is 6.24. The van der Waals surface area contributed by atoms with E-state index in [9.17, 15) is 9.90 Å². The molecule has 2 N–H and O–H groups in total. The maximum absolute atomic E-state index is 12.8. The van der Waals surface area contributed by atoms with Crippen LogP contribution in [0.2, 0.25) is 0 Å². The molecule has 4 rings (SSSR count). The predicted octanol–water partition coefficient (Wildman–Crippen LogP) is 0.877. The van der Waals surface area contributed by atoms with Crippen LogP contribution in [0.4, 0.5) is 0 Å². The van der Waals surface area contributed by atoms with Crippen molar-refractivity contribution < 1.29 is 9.90 Å². The van der Waals surface area contributed by atoms with Gasteiger partial charge in [0, 0.05) is 6.20 Å². The molecule has 0 aliphatic heterocycles. The number of para-hydroxylation sites is 1. The zero-order valence-electron chi connectivity index (χ0n) is 13.6. The molecule has 1 saturated carbocycles. The van der Waals surface area contributed by atoms with E-state index in [1.165, 1.54) is 0 Å². The van der Waals surface area contributed by atoms with Crippen molar-refractivity contribution in [3.8, 4) is 5.69 Å². The summed E-state index contributed by atoms with van der Waals surface area (Å²) < 4.78 is 3.27. The van der Waals surface area contributed by atoms with Crippen molar-refractivity contribution in [1.82, 2.24) is 30.1 Å². The summed E-state index contributed by atoms with van der Waals surface area (Å²) >= 11 is 0. The third-order valence-electron chi connectivity index (χ3n) is 4.47. The molecule has 2 heterocycles. The largest absolute Gasteiger partial charge is 0.391 e. The summed E-state index contributed by atoms with van der Waals surface area (Å²) in [4.78, 5) is 12.8. The molecule has 0 saturated heterocycles.